The first-order valence-corrected chi connectivity index (χ1v) is 38.8. The Labute approximate surface area is 563 Å². The molecule has 9 heteroatoms. The van der Waals surface area contributed by atoms with Crippen molar-refractivity contribution in [2.75, 3.05) is 47.5 Å². The van der Waals surface area contributed by atoms with Gasteiger partial charge in [-0.3, -0.25) is 9.59 Å². The fraction of sp³-hybridized carbons (Fsp3) is 0.793. The van der Waals surface area contributed by atoms with Gasteiger partial charge < -0.3 is 28.5 Å². The normalized spacial score (nSPS) is 13.1. The number of quaternary nitrogens is 1. The van der Waals surface area contributed by atoms with E-state index in [4.69, 9.17) is 18.9 Å². The fourth-order valence-electron chi connectivity index (χ4n) is 11.3. The lowest BCUT2D eigenvalue weighted by Crippen LogP contribution is -2.40. The van der Waals surface area contributed by atoms with E-state index in [1.807, 2.05) is 21.1 Å². The summed E-state index contributed by atoms with van der Waals surface area (Å²) in [6.07, 6.45) is 96.0. The number of carbonyl (C=O) groups excluding carboxylic acids is 2. The molecule has 0 rings (SSSR count). The predicted octanol–water partition coefficient (Wildman–Crippen LogP) is 24.6. The molecule has 0 aliphatic heterocycles. The average molecular weight is 1280 g/mol. The summed E-state index contributed by atoms with van der Waals surface area (Å²) in [7, 11) is 5.97. The van der Waals surface area contributed by atoms with Crippen molar-refractivity contribution in [1.29, 1.82) is 0 Å². The average Bonchev–Trinajstić information content (AvgIpc) is 3.46. The second-order valence-electron chi connectivity index (χ2n) is 27.3. The molecule has 0 saturated heterocycles. The smallest absolute Gasteiger partial charge is 0.361 e. The van der Waals surface area contributed by atoms with Gasteiger partial charge in [-0.05, 0) is 70.6 Å². The summed E-state index contributed by atoms with van der Waals surface area (Å²) in [5.74, 6) is -2.02. The van der Waals surface area contributed by atoms with Crippen LogP contribution in [0, 0.1) is 0 Å². The van der Waals surface area contributed by atoms with E-state index >= 15 is 0 Å². The molecule has 2 atom stereocenters. The van der Waals surface area contributed by atoms with Gasteiger partial charge in [-0.2, -0.15) is 0 Å². The van der Waals surface area contributed by atoms with Crippen molar-refractivity contribution in [2.45, 2.75) is 373 Å². The van der Waals surface area contributed by atoms with Crippen LogP contribution in [0.15, 0.2) is 85.1 Å². The van der Waals surface area contributed by atoms with Gasteiger partial charge in [0, 0.05) is 12.8 Å². The van der Waals surface area contributed by atoms with E-state index in [2.05, 4.69) is 98.9 Å². The Morgan fingerprint density at radius 2 is 0.626 bits per heavy atom. The third kappa shape index (κ3) is 73.7. The summed E-state index contributed by atoms with van der Waals surface area (Å²) >= 11 is 0. The van der Waals surface area contributed by atoms with Crippen LogP contribution in [0.25, 0.3) is 0 Å². The molecule has 528 valence electrons. The van der Waals surface area contributed by atoms with Crippen LogP contribution in [0.3, 0.4) is 0 Å². The van der Waals surface area contributed by atoms with E-state index in [0.717, 1.165) is 96.3 Å². The number of carboxylic acids is 1. The lowest BCUT2D eigenvalue weighted by atomic mass is 10.0. The van der Waals surface area contributed by atoms with E-state index < -0.39 is 24.3 Å². The highest BCUT2D eigenvalue weighted by molar-refractivity contribution is 5.71. The zero-order chi connectivity index (χ0) is 66.1. The first kappa shape index (κ1) is 87.5. The van der Waals surface area contributed by atoms with Gasteiger partial charge >= 0.3 is 17.9 Å². The summed E-state index contributed by atoms with van der Waals surface area (Å²) in [5.41, 5.74) is 0. The Bertz CT molecular complexity index is 1770. The third-order valence-electron chi connectivity index (χ3n) is 17.2. The number of esters is 2. The molecule has 0 aliphatic carbocycles. The van der Waals surface area contributed by atoms with Crippen LogP contribution in [0.5, 0.6) is 0 Å². The largest absolute Gasteiger partial charge is 0.477 e. The molecule has 0 fully saturated rings. The molecule has 0 aliphatic rings. The first-order valence-electron chi connectivity index (χ1n) is 38.8. The number of hydrogen-bond donors (Lipinski definition) is 1. The molecule has 0 heterocycles. The minimum atomic E-state index is -1.52. The van der Waals surface area contributed by atoms with Crippen molar-refractivity contribution in [3.05, 3.63) is 85.1 Å². The number of likely N-dealkylation sites (N-methyl/N-ethyl adjacent to an activating group) is 1. The van der Waals surface area contributed by atoms with Crippen LogP contribution in [-0.2, 0) is 33.3 Å². The molecule has 0 aromatic heterocycles. The Morgan fingerprint density at radius 3 is 0.934 bits per heavy atom. The van der Waals surface area contributed by atoms with Gasteiger partial charge in [0.15, 0.2) is 6.10 Å². The van der Waals surface area contributed by atoms with Crippen molar-refractivity contribution in [3.8, 4) is 0 Å². The van der Waals surface area contributed by atoms with Crippen molar-refractivity contribution in [2.24, 2.45) is 0 Å². The van der Waals surface area contributed by atoms with Crippen molar-refractivity contribution < 1.29 is 42.9 Å². The number of carbonyl (C=O) groups is 3. The highest BCUT2D eigenvalue weighted by atomic mass is 16.7. The van der Waals surface area contributed by atoms with Crippen molar-refractivity contribution in [1.82, 2.24) is 0 Å². The molecule has 0 radical (unpaired) electrons. The highest BCUT2D eigenvalue weighted by Crippen LogP contribution is 2.19. The number of ether oxygens (including phenoxy) is 4. The van der Waals surface area contributed by atoms with Crippen LogP contribution < -0.4 is 0 Å². The molecular formula is C82H148NO8+. The summed E-state index contributed by atoms with van der Waals surface area (Å²) in [4.78, 5) is 37.7. The lowest BCUT2D eigenvalue weighted by Gasteiger charge is -2.25. The van der Waals surface area contributed by atoms with Crippen molar-refractivity contribution >= 4 is 17.9 Å². The second-order valence-corrected chi connectivity index (χ2v) is 27.3. The van der Waals surface area contributed by atoms with E-state index in [1.165, 1.54) is 231 Å². The topological polar surface area (TPSA) is 108 Å². The maximum Gasteiger partial charge on any atom is 0.361 e. The standard InChI is InChI=1S/C82H147NO8/c1-6-8-10-12-14-16-18-20-22-24-26-28-30-32-34-35-36-37-38-39-40-41-42-43-44-45-47-48-50-52-54-56-58-60-62-64-66-68-70-72-79(84)89-76-78(77-90-82(81(86)87)88-75-74-83(3,4)5)91-80(85)73-71-69-67-65-63-61-59-57-55-53-51-49-46-33-31-29-27-25-23-21-19-17-15-13-11-9-7-2/h9,11,15,17,21,23,27,29,33,46,51,53,57,59,78,82H,6-8,10,12-14,16,18-20,22,24-26,28,30-32,34-45,47-50,52,54-56,58,60-77H2,1-5H3/p+1/b11-9-,17-15-,23-21-,29-27-,46-33-,53-51-,59-57-. The van der Waals surface area contributed by atoms with Crippen molar-refractivity contribution in [3.63, 3.8) is 0 Å². The van der Waals surface area contributed by atoms with Gasteiger partial charge in [0.05, 0.1) is 34.4 Å². The first-order chi connectivity index (χ1) is 44.6. The lowest BCUT2D eigenvalue weighted by molar-refractivity contribution is -0.870. The summed E-state index contributed by atoms with van der Waals surface area (Å²) in [5, 5.41) is 9.76. The number of rotatable bonds is 72. The van der Waals surface area contributed by atoms with Gasteiger partial charge in [0.1, 0.15) is 13.2 Å². The zero-order valence-corrected chi connectivity index (χ0v) is 60.5. The van der Waals surface area contributed by atoms with Gasteiger partial charge in [0.2, 0.25) is 0 Å². The Balaban J connectivity index is 4.02. The monoisotopic (exact) mass is 1280 g/mol. The third-order valence-corrected chi connectivity index (χ3v) is 17.2. The highest BCUT2D eigenvalue weighted by Gasteiger charge is 2.25. The minimum Gasteiger partial charge on any atom is -0.477 e. The molecule has 91 heavy (non-hydrogen) atoms. The van der Waals surface area contributed by atoms with Crippen LogP contribution in [-0.4, -0.2) is 87.4 Å². The van der Waals surface area contributed by atoms with E-state index in [1.54, 1.807) is 0 Å². The van der Waals surface area contributed by atoms with Crippen LogP contribution >= 0.6 is 0 Å². The maximum atomic E-state index is 12.9. The number of hydrogen-bond acceptors (Lipinski definition) is 7. The van der Waals surface area contributed by atoms with E-state index in [9.17, 15) is 19.5 Å². The number of unbranched alkanes of at least 4 members (excludes halogenated alkanes) is 43. The van der Waals surface area contributed by atoms with Gasteiger partial charge in [0.25, 0.3) is 6.29 Å². The maximum absolute atomic E-state index is 12.9. The SMILES string of the molecule is CC/C=C\C/C=C\C/C=C\C/C=C\C/C=C\C/C=C\C/C=C\CCCCCCCC(=O)OC(COC(=O)CCCCCCCCCCCCCCCCCCCCCCCCCCCCCCCCCCCCCCCCC)COC(OCC[N+](C)(C)C)C(=O)O. The Hall–Kier alpha value is -3.53. The van der Waals surface area contributed by atoms with E-state index in [0.29, 0.717) is 23.9 Å². The Morgan fingerprint density at radius 1 is 0.341 bits per heavy atom. The molecule has 0 bridgehead atoms. The minimum absolute atomic E-state index is 0.181. The van der Waals surface area contributed by atoms with Gasteiger partial charge in [-0.1, -0.05) is 362 Å². The number of nitrogens with zero attached hydrogens (tertiary/aromatic N) is 1. The quantitative estimate of drug-likeness (QED) is 0.0211. The molecule has 9 nitrogen and oxygen atoms in total. The second kappa shape index (κ2) is 72.3. The number of carboxylic acid groups (broad SMARTS) is 1. The molecular weight excluding hydrogens is 1130 g/mol. The molecule has 0 aromatic carbocycles. The predicted molar refractivity (Wildman–Crippen MR) is 392 cm³/mol. The summed E-state index contributed by atoms with van der Waals surface area (Å²) in [6, 6.07) is 0. The van der Waals surface area contributed by atoms with Gasteiger partial charge in [-0.25, -0.2) is 4.79 Å². The molecule has 2 unspecified atom stereocenters. The molecule has 0 aromatic rings. The number of allylic oxidation sites excluding steroid dienone is 14. The molecule has 1 N–H and O–H groups in total. The van der Waals surface area contributed by atoms with Crippen LogP contribution in [0.1, 0.15) is 361 Å². The fourth-order valence-corrected chi connectivity index (χ4v) is 11.3. The van der Waals surface area contributed by atoms with Gasteiger partial charge in [-0.15, -0.1) is 0 Å². The van der Waals surface area contributed by atoms with E-state index in [-0.39, 0.29) is 32.2 Å². The van der Waals surface area contributed by atoms with Crippen LogP contribution in [0.2, 0.25) is 0 Å². The molecule has 0 spiro atoms. The molecule has 0 saturated carbocycles. The Kier molecular flexibility index (Phi) is 69.5. The zero-order valence-electron chi connectivity index (χ0n) is 60.5. The van der Waals surface area contributed by atoms with Crippen LogP contribution in [0.4, 0.5) is 0 Å². The number of aliphatic carboxylic acids is 1. The summed E-state index contributed by atoms with van der Waals surface area (Å²) < 4.78 is 23.0. The molecule has 0 amide bonds. The summed E-state index contributed by atoms with van der Waals surface area (Å²) in [6.45, 7) is 4.78.